The summed E-state index contributed by atoms with van der Waals surface area (Å²) < 4.78 is 0. The molecule has 1 aromatic carbocycles. The number of aromatic hydroxyl groups is 1. The van der Waals surface area contributed by atoms with Gasteiger partial charge >= 0.3 is 29.6 Å². The standard InChI is InChI=1S/C7H6O2.Na.H/c8-6-4-2-1-3-5-7(6)9;;/h1-5H,(H,8,9);;. The molecule has 0 amide bonds. The van der Waals surface area contributed by atoms with E-state index in [1.165, 1.54) is 12.1 Å². The summed E-state index contributed by atoms with van der Waals surface area (Å²) in [5, 5.41) is 8.77. The predicted octanol–water partition coefficient (Wildman–Crippen LogP) is 0.104. The Hall–Kier alpha value is -0.310. The van der Waals surface area contributed by atoms with Crippen LogP contribution in [0.3, 0.4) is 0 Å². The van der Waals surface area contributed by atoms with Crippen molar-refractivity contribution >= 4 is 29.6 Å². The molecular weight excluding hydrogens is 139 g/mol. The maximum atomic E-state index is 10.6. The van der Waals surface area contributed by atoms with Gasteiger partial charge in [-0.25, -0.2) is 0 Å². The van der Waals surface area contributed by atoms with Crippen LogP contribution in [-0.4, -0.2) is 34.7 Å². The summed E-state index contributed by atoms with van der Waals surface area (Å²) in [6.07, 6.45) is 0. The van der Waals surface area contributed by atoms with Crippen molar-refractivity contribution in [1.29, 1.82) is 0 Å². The van der Waals surface area contributed by atoms with E-state index in [9.17, 15) is 4.79 Å². The van der Waals surface area contributed by atoms with Crippen LogP contribution in [-0.2, 0) is 0 Å². The Balaban J connectivity index is 0.000000810. The second kappa shape index (κ2) is 4.50. The fourth-order valence-corrected chi connectivity index (χ4v) is 0.521. The zero-order valence-corrected chi connectivity index (χ0v) is 4.74. The molecule has 0 atom stereocenters. The molecular formula is C7H7NaO2. The van der Waals surface area contributed by atoms with Crippen molar-refractivity contribution in [2.45, 2.75) is 0 Å². The van der Waals surface area contributed by atoms with E-state index >= 15 is 0 Å². The van der Waals surface area contributed by atoms with E-state index in [4.69, 9.17) is 5.11 Å². The minimum absolute atomic E-state index is 0. The van der Waals surface area contributed by atoms with Crippen LogP contribution in [0.25, 0.3) is 0 Å². The van der Waals surface area contributed by atoms with Crippen molar-refractivity contribution in [1.82, 2.24) is 0 Å². The maximum absolute atomic E-state index is 10.6. The van der Waals surface area contributed by atoms with Crippen LogP contribution in [0.4, 0.5) is 0 Å². The molecule has 48 valence electrons. The number of hydrogen-bond acceptors (Lipinski definition) is 2. The molecule has 2 nitrogen and oxygen atoms in total. The van der Waals surface area contributed by atoms with Gasteiger partial charge < -0.3 is 5.11 Å². The molecule has 0 spiro atoms. The normalized spacial score (nSPS) is 8.00. The van der Waals surface area contributed by atoms with Crippen molar-refractivity contribution in [3.63, 3.8) is 0 Å². The first kappa shape index (κ1) is 9.69. The summed E-state index contributed by atoms with van der Waals surface area (Å²) >= 11 is 0. The first-order valence-corrected chi connectivity index (χ1v) is 2.59. The average molecular weight is 146 g/mol. The van der Waals surface area contributed by atoms with Crippen LogP contribution in [0.2, 0.25) is 0 Å². The molecule has 0 saturated heterocycles. The van der Waals surface area contributed by atoms with E-state index in [2.05, 4.69) is 0 Å². The fraction of sp³-hybridized carbons (Fsp3) is 0. The SMILES string of the molecule is O=c1cccccc1O.[NaH]. The van der Waals surface area contributed by atoms with E-state index in [-0.39, 0.29) is 40.7 Å². The third-order valence-electron chi connectivity index (χ3n) is 0.976. The second-order valence-electron chi connectivity index (χ2n) is 1.66. The molecule has 10 heavy (non-hydrogen) atoms. The Morgan fingerprint density at radius 1 is 1.10 bits per heavy atom. The van der Waals surface area contributed by atoms with Gasteiger partial charge in [-0.2, -0.15) is 0 Å². The number of rotatable bonds is 0. The van der Waals surface area contributed by atoms with Gasteiger partial charge in [0.25, 0.3) is 0 Å². The summed E-state index contributed by atoms with van der Waals surface area (Å²) in [5.74, 6) is -0.208. The van der Waals surface area contributed by atoms with Crippen LogP contribution < -0.4 is 5.43 Å². The zero-order valence-electron chi connectivity index (χ0n) is 4.74. The second-order valence-corrected chi connectivity index (χ2v) is 1.66. The Labute approximate surface area is 80.8 Å². The molecule has 1 N–H and O–H groups in total. The van der Waals surface area contributed by atoms with E-state index in [0.717, 1.165) is 0 Å². The Kier molecular flexibility index (Phi) is 4.36. The minimum atomic E-state index is -0.347. The predicted molar refractivity (Wildman–Crippen MR) is 41.5 cm³/mol. The monoisotopic (exact) mass is 146 g/mol. The summed E-state index contributed by atoms with van der Waals surface area (Å²) in [6, 6.07) is 7.55. The summed E-state index contributed by atoms with van der Waals surface area (Å²) in [7, 11) is 0. The topological polar surface area (TPSA) is 37.3 Å². The van der Waals surface area contributed by atoms with Gasteiger partial charge in [0.1, 0.15) is 0 Å². The summed E-state index contributed by atoms with van der Waals surface area (Å²) in [6.45, 7) is 0. The molecule has 3 heteroatoms. The molecule has 0 unspecified atom stereocenters. The van der Waals surface area contributed by atoms with E-state index < -0.39 is 0 Å². The third kappa shape index (κ3) is 2.52. The van der Waals surface area contributed by atoms with Gasteiger partial charge in [0.2, 0.25) is 5.43 Å². The van der Waals surface area contributed by atoms with Gasteiger partial charge in [-0.15, -0.1) is 0 Å². The van der Waals surface area contributed by atoms with Gasteiger partial charge in [-0.05, 0) is 12.1 Å². The molecule has 0 aliphatic heterocycles. The van der Waals surface area contributed by atoms with Gasteiger partial charge in [0, 0.05) is 0 Å². The molecule has 0 radical (unpaired) electrons. The Morgan fingerprint density at radius 2 is 1.70 bits per heavy atom. The van der Waals surface area contributed by atoms with Gasteiger partial charge in [0.15, 0.2) is 5.75 Å². The van der Waals surface area contributed by atoms with Gasteiger partial charge in [-0.1, -0.05) is 18.2 Å². The summed E-state index contributed by atoms with van der Waals surface area (Å²) in [5.41, 5.74) is -0.347. The molecule has 0 aliphatic rings. The molecule has 1 aromatic rings. The van der Waals surface area contributed by atoms with Gasteiger partial charge in [-0.3, -0.25) is 4.79 Å². The quantitative estimate of drug-likeness (QED) is 0.527. The van der Waals surface area contributed by atoms with Crippen molar-refractivity contribution in [3.8, 4) is 5.75 Å². The Bertz CT molecular complexity index is 259. The van der Waals surface area contributed by atoms with E-state index in [0.29, 0.717) is 0 Å². The first-order chi connectivity index (χ1) is 4.30. The third-order valence-corrected chi connectivity index (χ3v) is 0.976. The van der Waals surface area contributed by atoms with Crippen molar-refractivity contribution in [2.24, 2.45) is 0 Å². The van der Waals surface area contributed by atoms with Crippen LogP contribution in [0.5, 0.6) is 5.75 Å². The molecule has 0 fully saturated rings. The fourth-order valence-electron chi connectivity index (χ4n) is 0.521. The van der Waals surface area contributed by atoms with E-state index in [1.54, 1.807) is 18.2 Å². The number of hydrogen-bond donors (Lipinski definition) is 1. The van der Waals surface area contributed by atoms with Gasteiger partial charge in [0.05, 0.1) is 0 Å². The van der Waals surface area contributed by atoms with Crippen molar-refractivity contribution < 1.29 is 5.11 Å². The molecule has 0 aromatic heterocycles. The molecule has 0 heterocycles. The molecule has 0 aliphatic carbocycles. The molecule has 0 bridgehead atoms. The Morgan fingerprint density at radius 3 is 2.40 bits per heavy atom. The zero-order chi connectivity index (χ0) is 6.69. The average Bonchev–Trinajstić information content (AvgIpc) is 1.99. The summed E-state index contributed by atoms with van der Waals surface area (Å²) in [4.78, 5) is 10.6. The molecule has 1 rings (SSSR count). The van der Waals surface area contributed by atoms with Crippen LogP contribution in [0, 0.1) is 0 Å². The van der Waals surface area contributed by atoms with E-state index in [1.807, 2.05) is 0 Å². The molecule has 0 saturated carbocycles. The van der Waals surface area contributed by atoms with Crippen LogP contribution in [0.15, 0.2) is 35.1 Å². The van der Waals surface area contributed by atoms with Crippen LogP contribution in [0.1, 0.15) is 0 Å². The van der Waals surface area contributed by atoms with Crippen molar-refractivity contribution in [2.75, 3.05) is 0 Å². The van der Waals surface area contributed by atoms with Crippen molar-refractivity contribution in [3.05, 3.63) is 40.6 Å². The first-order valence-electron chi connectivity index (χ1n) is 2.59. The van der Waals surface area contributed by atoms with Crippen LogP contribution >= 0.6 is 0 Å².